The molecule has 0 bridgehead atoms. The fraction of sp³-hybridized carbons (Fsp3) is 1.00. The molecule has 0 amide bonds. The molecule has 0 unspecified atom stereocenters. The summed E-state index contributed by atoms with van der Waals surface area (Å²) in [5, 5.41) is 19.8. The molecule has 0 aromatic carbocycles. The summed E-state index contributed by atoms with van der Waals surface area (Å²) in [5.74, 6) is 0.707. The van der Waals surface area contributed by atoms with Gasteiger partial charge >= 0.3 is 0 Å². The molecular formula is C10H20O2. The molecule has 1 aliphatic carbocycles. The molecule has 2 N–H and O–H groups in total. The topological polar surface area (TPSA) is 40.5 Å². The fourth-order valence-electron chi connectivity index (χ4n) is 2.02. The molecule has 1 saturated carbocycles. The van der Waals surface area contributed by atoms with Crippen LogP contribution in [0.3, 0.4) is 0 Å². The van der Waals surface area contributed by atoms with Crippen LogP contribution in [0.15, 0.2) is 0 Å². The van der Waals surface area contributed by atoms with E-state index in [0.29, 0.717) is 5.92 Å². The summed E-state index contributed by atoms with van der Waals surface area (Å²) in [5.41, 5.74) is -0.827. The van der Waals surface area contributed by atoms with Gasteiger partial charge in [0, 0.05) is 0 Å². The van der Waals surface area contributed by atoms with Gasteiger partial charge in [0.05, 0.1) is 11.7 Å². The van der Waals surface area contributed by atoms with Gasteiger partial charge in [-0.25, -0.2) is 0 Å². The number of hydrogen-bond donors (Lipinski definition) is 2. The maximum atomic E-state index is 10.1. The van der Waals surface area contributed by atoms with Crippen molar-refractivity contribution in [2.24, 2.45) is 11.8 Å². The number of aliphatic hydroxyl groups is 2. The molecule has 12 heavy (non-hydrogen) atoms. The number of aliphatic hydroxyl groups excluding tert-OH is 1. The van der Waals surface area contributed by atoms with Gasteiger partial charge in [0.25, 0.3) is 0 Å². The maximum absolute atomic E-state index is 10.1. The lowest BCUT2D eigenvalue weighted by atomic mass is 9.72. The van der Waals surface area contributed by atoms with Crippen molar-refractivity contribution in [1.82, 2.24) is 0 Å². The normalized spacial score (nSPS) is 43.5. The molecule has 1 rings (SSSR count). The van der Waals surface area contributed by atoms with Crippen LogP contribution in [0.2, 0.25) is 0 Å². The Morgan fingerprint density at radius 1 is 1.42 bits per heavy atom. The Labute approximate surface area is 74.6 Å². The van der Waals surface area contributed by atoms with Crippen molar-refractivity contribution in [3.8, 4) is 0 Å². The second-order valence-corrected chi connectivity index (χ2v) is 4.54. The van der Waals surface area contributed by atoms with E-state index in [0.717, 1.165) is 19.3 Å². The van der Waals surface area contributed by atoms with Crippen molar-refractivity contribution >= 4 is 0 Å². The summed E-state index contributed by atoms with van der Waals surface area (Å²) in [6, 6.07) is 0. The molecule has 0 radical (unpaired) electrons. The monoisotopic (exact) mass is 172 g/mol. The van der Waals surface area contributed by atoms with E-state index in [1.54, 1.807) is 0 Å². The quantitative estimate of drug-likeness (QED) is 0.630. The fourth-order valence-corrected chi connectivity index (χ4v) is 2.02. The van der Waals surface area contributed by atoms with Crippen molar-refractivity contribution in [2.75, 3.05) is 0 Å². The molecule has 1 fully saturated rings. The van der Waals surface area contributed by atoms with Gasteiger partial charge in [-0.1, -0.05) is 20.8 Å². The van der Waals surface area contributed by atoms with Gasteiger partial charge in [-0.15, -0.1) is 0 Å². The minimum Gasteiger partial charge on any atom is -0.390 e. The van der Waals surface area contributed by atoms with Gasteiger partial charge in [-0.3, -0.25) is 0 Å². The van der Waals surface area contributed by atoms with Crippen molar-refractivity contribution in [3.63, 3.8) is 0 Å². The van der Waals surface area contributed by atoms with Crippen LogP contribution in [-0.2, 0) is 0 Å². The molecule has 1 aliphatic rings. The van der Waals surface area contributed by atoms with E-state index >= 15 is 0 Å². The first kappa shape index (κ1) is 10.0. The Hall–Kier alpha value is -0.0800. The van der Waals surface area contributed by atoms with E-state index in [4.69, 9.17) is 0 Å². The Morgan fingerprint density at radius 3 is 2.42 bits per heavy atom. The molecule has 2 nitrogen and oxygen atoms in total. The third-order valence-electron chi connectivity index (χ3n) is 3.24. The Morgan fingerprint density at radius 2 is 2.00 bits per heavy atom. The zero-order valence-electron chi connectivity index (χ0n) is 8.25. The third-order valence-corrected chi connectivity index (χ3v) is 3.24. The summed E-state index contributed by atoms with van der Waals surface area (Å²) in [7, 11) is 0. The van der Waals surface area contributed by atoms with Crippen LogP contribution < -0.4 is 0 Å². The smallest absolute Gasteiger partial charge is 0.0928 e. The van der Waals surface area contributed by atoms with Gasteiger partial charge in [-0.05, 0) is 31.1 Å². The first-order valence-corrected chi connectivity index (χ1v) is 4.87. The lowest BCUT2D eigenvalue weighted by Crippen LogP contribution is -2.50. The van der Waals surface area contributed by atoms with Gasteiger partial charge in [0.15, 0.2) is 0 Å². The van der Waals surface area contributed by atoms with Crippen molar-refractivity contribution in [3.05, 3.63) is 0 Å². The van der Waals surface area contributed by atoms with E-state index < -0.39 is 11.7 Å². The van der Waals surface area contributed by atoms with Gasteiger partial charge < -0.3 is 10.2 Å². The van der Waals surface area contributed by atoms with Gasteiger partial charge in [0.1, 0.15) is 0 Å². The molecular weight excluding hydrogens is 152 g/mol. The molecule has 0 aromatic rings. The summed E-state index contributed by atoms with van der Waals surface area (Å²) in [4.78, 5) is 0. The minimum absolute atomic E-state index is 0.153. The SMILES string of the molecule is CC(C)[C@@]1(O)CC[C@H](C)C[C@@H]1O. The molecule has 3 atom stereocenters. The number of hydrogen-bond acceptors (Lipinski definition) is 2. The van der Waals surface area contributed by atoms with Crippen LogP contribution in [0.4, 0.5) is 0 Å². The standard InChI is InChI=1S/C10H20O2/c1-7(2)10(12)5-4-8(3)6-9(10)11/h7-9,11-12H,4-6H2,1-3H3/t8-,9-,10-/m0/s1. The first-order valence-electron chi connectivity index (χ1n) is 4.87. The second kappa shape index (κ2) is 3.35. The Balaban J connectivity index is 2.66. The summed E-state index contributed by atoms with van der Waals surface area (Å²) < 4.78 is 0. The van der Waals surface area contributed by atoms with Gasteiger partial charge in [-0.2, -0.15) is 0 Å². The maximum Gasteiger partial charge on any atom is 0.0928 e. The predicted octanol–water partition coefficient (Wildman–Crippen LogP) is 1.55. The van der Waals surface area contributed by atoms with E-state index in [-0.39, 0.29) is 5.92 Å². The molecule has 72 valence electrons. The zero-order valence-corrected chi connectivity index (χ0v) is 8.25. The highest BCUT2D eigenvalue weighted by Crippen LogP contribution is 2.36. The van der Waals surface area contributed by atoms with Gasteiger partial charge in [0.2, 0.25) is 0 Å². The Kier molecular flexibility index (Phi) is 2.79. The number of rotatable bonds is 1. The van der Waals surface area contributed by atoms with Crippen molar-refractivity contribution in [1.29, 1.82) is 0 Å². The van der Waals surface area contributed by atoms with E-state index in [9.17, 15) is 10.2 Å². The minimum atomic E-state index is -0.827. The first-order chi connectivity index (χ1) is 5.47. The lowest BCUT2D eigenvalue weighted by Gasteiger charge is -2.42. The van der Waals surface area contributed by atoms with Crippen LogP contribution in [0.5, 0.6) is 0 Å². The highest BCUT2D eigenvalue weighted by molar-refractivity contribution is 4.93. The average molecular weight is 172 g/mol. The van der Waals surface area contributed by atoms with Crippen molar-refractivity contribution < 1.29 is 10.2 Å². The van der Waals surface area contributed by atoms with Crippen LogP contribution in [0.1, 0.15) is 40.0 Å². The molecule has 0 aromatic heterocycles. The van der Waals surface area contributed by atoms with Crippen LogP contribution in [-0.4, -0.2) is 21.9 Å². The van der Waals surface area contributed by atoms with Crippen LogP contribution in [0, 0.1) is 11.8 Å². The van der Waals surface area contributed by atoms with E-state index in [1.807, 2.05) is 13.8 Å². The lowest BCUT2D eigenvalue weighted by molar-refractivity contribution is -0.136. The predicted molar refractivity (Wildman–Crippen MR) is 48.8 cm³/mol. The molecule has 0 heterocycles. The third kappa shape index (κ3) is 1.64. The molecule has 0 saturated heterocycles. The molecule has 0 aliphatic heterocycles. The summed E-state index contributed by atoms with van der Waals surface area (Å²) in [6.45, 7) is 6.07. The summed E-state index contributed by atoms with van der Waals surface area (Å²) >= 11 is 0. The summed E-state index contributed by atoms with van der Waals surface area (Å²) in [6.07, 6.45) is 1.99. The van der Waals surface area contributed by atoms with E-state index in [1.165, 1.54) is 0 Å². The second-order valence-electron chi connectivity index (χ2n) is 4.54. The van der Waals surface area contributed by atoms with Crippen LogP contribution in [0.25, 0.3) is 0 Å². The zero-order chi connectivity index (χ0) is 9.35. The van der Waals surface area contributed by atoms with Crippen LogP contribution >= 0.6 is 0 Å². The largest absolute Gasteiger partial charge is 0.390 e. The van der Waals surface area contributed by atoms with Crippen molar-refractivity contribution in [2.45, 2.75) is 51.7 Å². The highest BCUT2D eigenvalue weighted by Gasteiger charge is 2.42. The van der Waals surface area contributed by atoms with E-state index in [2.05, 4.69) is 6.92 Å². The molecule has 2 heteroatoms. The Bertz CT molecular complexity index is 156. The highest BCUT2D eigenvalue weighted by atomic mass is 16.3. The molecule has 0 spiro atoms. The average Bonchev–Trinajstić information content (AvgIpc) is 1.97.